The summed E-state index contributed by atoms with van der Waals surface area (Å²) in [6.07, 6.45) is 7.97. The van der Waals surface area contributed by atoms with Gasteiger partial charge in [-0.1, -0.05) is 37.3 Å². The van der Waals surface area contributed by atoms with Crippen molar-refractivity contribution < 1.29 is 9.53 Å². The van der Waals surface area contributed by atoms with Gasteiger partial charge in [0.15, 0.2) is 5.65 Å². The van der Waals surface area contributed by atoms with Crippen LogP contribution in [0.5, 0.6) is 0 Å². The number of carbonyl (C=O) groups excluding carboxylic acids is 1. The molecular formula is C23H29N3O2. The maximum absolute atomic E-state index is 12.0. The van der Waals surface area contributed by atoms with Crippen molar-refractivity contribution in [3.05, 3.63) is 65.1 Å². The van der Waals surface area contributed by atoms with Crippen LogP contribution in [0.15, 0.2) is 42.7 Å². The van der Waals surface area contributed by atoms with Gasteiger partial charge in [0, 0.05) is 24.4 Å². The van der Waals surface area contributed by atoms with Crippen molar-refractivity contribution in [3.63, 3.8) is 0 Å². The predicted molar refractivity (Wildman–Crippen MR) is 110 cm³/mol. The van der Waals surface area contributed by atoms with Crippen LogP contribution in [0.25, 0.3) is 5.65 Å². The molecule has 3 aromatic rings. The van der Waals surface area contributed by atoms with Crippen molar-refractivity contribution in [3.8, 4) is 0 Å². The largest absolute Gasteiger partial charge is 0.466 e. The number of hydrogen-bond donors (Lipinski definition) is 0. The third-order valence-corrected chi connectivity index (χ3v) is 5.15. The van der Waals surface area contributed by atoms with E-state index in [1.165, 1.54) is 5.56 Å². The Morgan fingerprint density at radius 3 is 2.71 bits per heavy atom. The molecule has 0 bridgehead atoms. The maximum atomic E-state index is 12.0. The first-order chi connectivity index (χ1) is 13.5. The van der Waals surface area contributed by atoms with E-state index in [1.807, 2.05) is 36.8 Å². The lowest BCUT2D eigenvalue weighted by molar-refractivity contribution is -0.144. The molecule has 5 nitrogen and oxygen atoms in total. The van der Waals surface area contributed by atoms with Crippen molar-refractivity contribution in [2.45, 2.75) is 52.9 Å². The van der Waals surface area contributed by atoms with E-state index in [2.05, 4.69) is 41.3 Å². The van der Waals surface area contributed by atoms with Crippen LogP contribution in [0.1, 0.15) is 48.6 Å². The van der Waals surface area contributed by atoms with Crippen LogP contribution in [-0.2, 0) is 22.4 Å². The summed E-state index contributed by atoms with van der Waals surface area (Å²) in [7, 11) is 0. The van der Waals surface area contributed by atoms with Gasteiger partial charge < -0.3 is 4.74 Å². The van der Waals surface area contributed by atoms with Crippen LogP contribution in [0.2, 0.25) is 0 Å². The Labute approximate surface area is 166 Å². The molecule has 0 spiro atoms. The topological polar surface area (TPSA) is 56.5 Å². The van der Waals surface area contributed by atoms with E-state index in [9.17, 15) is 4.79 Å². The minimum atomic E-state index is -0.104. The normalized spacial score (nSPS) is 12.2. The Morgan fingerprint density at radius 2 is 1.93 bits per heavy atom. The highest BCUT2D eigenvalue weighted by molar-refractivity contribution is 5.69. The van der Waals surface area contributed by atoms with Crippen LogP contribution in [0, 0.1) is 19.8 Å². The van der Waals surface area contributed by atoms with Gasteiger partial charge in [-0.3, -0.25) is 4.79 Å². The van der Waals surface area contributed by atoms with Gasteiger partial charge in [-0.15, -0.1) is 0 Å². The second-order valence-electron chi connectivity index (χ2n) is 7.60. The third-order valence-electron chi connectivity index (χ3n) is 5.15. The molecule has 2 heterocycles. The highest BCUT2D eigenvalue weighted by Gasteiger charge is 2.11. The molecule has 148 valence electrons. The zero-order chi connectivity index (χ0) is 19.9. The fraction of sp³-hybridized carbons (Fsp3) is 0.435. The first-order valence-electron chi connectivity index (χ1n) is 10.0. The third kappa shape index (κ3) is 5.41. The van der Waals surface area contributed by atoms with Gasteiger partial charge >= 0.3 is 5.97 Å². The first kappa shape index (κ1) is 20.1. The molecule has 0 amide bonds. The quantitative estimate of drug-likeness (QED) is 0.406. The van der Waals surface area contributed by atoms with Crippen molar-refractivity contribution in [1.29, 1.82) is 0 Å². The highest BCUT2D eigenvalue weighted by atomic mass is 16.5. The van der Waals surface area contributed by atoms with Gasteiger partial charge in [-0.2, -0.15) is 5.10 Å². The Bertz CT molecular complexity index is 918. The SMILES string of the molecule is Cc1nn2cc(CCCOC(=O)C[C@H](C)CCc3ccccc3)cnc2c1C. The minimum absolute atomic E-state index is 0.104. The van der Waals surface area contributed by atoms with Crippen molar-refractivity contribution >= 4 is 11.6 Å². The molecule has 0 saturated heterocycles. The zero-order valence-electron chi connectivity index (χ0n) is 17.0. The number of rotatable bonds is 9. The second kappa shape index (κ2) is 9.49. The lowest BCUT2D eigenvalue weighted by Gasteiger charge is -2.11. The summed E-state index contributed by atoms with van der Waals surface area (Å²) in [5, 5.41) is 4.47. The average Bonchev–Trinajstić information content (AvgIpc) is 2.98. The summed E-state index contributed by atoms with van der Waals surface area (Å²) in [6.45, 7) is 6.58. The summed E-state index contributed by atoms with van der Waals surface area (Å²) >= 11 is 0. The summed E-state index contributed by atoms with van der Waals surface area (Å²) in [5.41, 5.74) is 5.43. The Hall–Kier alpha value is -2.69. The van der Waals surface area contributed by atoms with E-state index in [4.69, 9.17) is 4.74 Å². The predicted octanol–water partition coefficient (Wildman–Crippen LogP) is 4.48. The molecule has 0 unspecified atom stereocenters. The van der Waals surface area contributed by atoms with E-state index in [-0.39, 0.29) is 5.97 Å². The Kier molecular flexibility index (Phi) is 6.80. The van der Waals surface area contributed by atoms with E-state index < -0.39 is 0 Å². The fourth-order valence-corrected chi connectivity index (χ4v) is 3.29. The van der Waals surface area contributed by atoms with E-state index in [0.29, 0.717) is 18.9 Å². The molecular weight excluding hydrogens is 350 g/mol. The molecule has 3 rings (SSSR count). The summed E-state index contributed by atoms with van der Waals surface area (Å²) in [6, 6.07) is 10.4. The average molecular weight is 380 g/mol. The summed E-state index contributed by atoms with van der Waals surface area (Å²) in [4.78, 5) is 16.5. The number of nitrogens with zero attached hydrogens (tertiary/aromatic N) is 3. The monoisotopic (exact) mass is 379 g/mol. The Morgan fingerprint density at radius 1 is 1.14 bits per heavy atom. The van der Waals surface area contributed by atoms with Crippen molar-refractivity contribution in [2.24, 2.45) is 5.92 Å². The van der Waals surface area contributed by atoms with E-state index >= 15 is 0 Å². The highest BCUT2D eigenvalue weighted by Crippen LogP contribution is 2.15. The number of aryl methyl sites for hydroxylation is 4. The van der Waals surface area contributed by atoms with Crippen LogP contribution in [-0.4, -0.2) is 27.2 Å². The molecule has 0 radical (unpaired) electrons. The lowest BCUT2D eigenvalue weighted by atomic mass is 9.98. The van der Waals surface area contributed by atoms with Gasteiger partial charge in [-0.05, 0) is 56.6 Å². The van der Waals surface area contributed by atoms with Gasteiger partial charge in [0.25, 0.3) is 0 Å². The van der Waals surface area contributed by atoms with Gasteiger partial charge in [-0.25, -0.2) is 9.50 Å². The smallest absolute Gasteiger partial charge is 0.306 e. The van der Waals surface area contributed by atoms with E-state index in [1.54, 1.807) is 0 Å². The maximum Gasteiger partial charge on any atom is 0.306 e. The van der Waals surface area contributed by atoms with E-state index in [0.717, 1.165) is 48.2 Å². The minimum Gasteiger partial charge on any atom is -0.466 e. The summed E-state index contributed by atoms with van der Waals surface area (Å²) in [5.74, 6) is 0.220. The van der Waals surface area contributed by atoms with Gasteiger partial charge in [0.05, 0.1) is 12.3 Å². The number of esters is 1. The molecule has 0 aliphatic heterocycles. The lowest BCUT2D eigenvalue weighted by Crippen LogP contribution is -2.11. The number of ether oxygens (including phenoxy) is 1. The molecule has 28 heavy (non-hydrogen) atoms. The number of hydrogen-bond acceptors (Lipinski definition) is 4. The fourth-order valence-electron chi connectivity index (χ4n) is 3.29. The van der Waals surface area contributed by atoms with Crippen molar-refractivity contribution in [1.82, 2.24) is 14.6 Å². The second-order valence-corrected chi connectivity index (χ2v) is 7.60. The molecule has 0 N–H and O–H groups in total. The molecule has 1 atom stereocenters. The number of fused-ring (bicyclic) bond motifs is 1. The van der Waals surface area contributed by atoms with Crippen molar-refractivity contribution in [2.75, 3.05) is 6.61 Å². The number of carbonyl (C=O) groups is 1. The van der Waals surface area contributed by atoms with Crippen LogP contribution in [0.4, 0.5) is 0 Å². The molecule has 0 aliphatic rings. The molecule has 0 saturated carbocycles. The zero-order valence-corrected chi connectivity index (χ0v) is 17.0. The molecule has 1 aromatic carbocycles. The Balaban J connectivity index is 1.36. The van der Waals surface area contributed by atoms with Crippen LogP contribution in [0.3, 0.4) is 0 Å². The molecule has 0 fully saturated rings. The first-order valence-corrected chi connectivity index (χ1v) is 10.0. The van der Waals surface area contributed by atoms with Crippen LogP contribution >= 0.6 is 0 Å². The summed E-state index contributed by atoms with van der Waals surface area (Å²) < 4.78 is 7.25. The van der Waals surface area contributed by atoms with Crippen LogP contribution < -0.4 is 0 Å². The number of benzene rings is 1. The molecule has 2 aromatic heterocycles. The van der Waals surface area contributed by atoms with Gasteiger partial charge in [0.2, 0.25) is 0 Å². The molecule has 5 heteroatoms. The number of aromatic nitrogens is 3. The molecule has 0 aliphatic carbocycles. The standard InChI is InChI=1S/C23H29N3O2/c1-17(11-12-20-8-5-4-6-9-20)14-22(27)28-13-7-10-21-15-24-23-18(2)19(3)25-26(23)16-21/h4-6,8-9,15-17H,7,10-14H2,1-3H3/t17-/m1/s1. The van der Waals surface area contributed by atoms with Gasteiger partial charge in [0.1, 0.15) is 0 Å².